The van der Waals surface area contributed by atoms with E-state index in [-0.39, 0.29) is 29.6 Å². The smallest absolute Gasteiger partial charge is 0.373 e. The maximum absolute atomic E-state index is 9.96. The van der Waals surface area contributed by atoms with E-state index in [0.29, 0.717) is 6.54 Å². The third-order valence-electron chi connectivity index (χ3n) is 2.16. The molecule has 0 aliphatic rings. The van der Waals surface area contributed by atoms with Crippen molar-refractivity contribution in [1.29, 1.82) is 0 Å². The maximum atomic E-state index is 9.96. The van der Waals surface area contributed by atoms with Gasteiger partial charge in [-0.2, -0.15) is 0 Å². The first-order valence-electron chi connectivity index (χ1n) is 6.89. The minimum Gasteiger partial charge on any atom is -0.373 e. The molecule has 0 aliphatic carbocycles. The van der Waals surface area contributed by atoms with Gasteiger partial charge in [-0.05, 0) is 16.7 Å². The summed E-state index contributed by atoms with van der Waals surface area (Å²) in [5, 5.41) is 4.37. The zero-order valence-corrected chi connectivity index (χ0v) is 16.9. The molecule has 0 N–H and O–H groups in total. The predicted molar refractivity (Wildman–Crippen MR) is 95.5 cm³/mol. The molecule has 24 heavy (non-hydrogen) atoms. The van der Waals surface area contributed by atoms with Gasteiger partial charge in [-0.25, -0.2) is 0 Å². The monoisotopic (exact) mass is 403 g/mol. The van der Waals surface area contributed by atoms with Gasteiger partial charge in [0.15, 0.2) is 0 Å². The number of halogens is 2. The molecule has 0 radical (unpaired) electrons. The first kappa shape index (κ1) is 24.7. The van der Waals surface area contributed by atoms with Crippen molar-refractivity contribution in [1.82, 2.24) is 0 Å². The van der Waals surface area contributed by atoms with Gasteiger partial charge in [0.2, 0.25) is 0 Å². The van der Waals surface area contributed by atoms with Crippen molar-refractivity contribution >= 4 is 15.9 Å². The molecule has 0 aromatic heterocycles. The minimum absolute atomic E-state index is 0. The molecule has 0 aliphatic heterocycles. The molecule has 0 amide bonds. The summed E-state index contributed by atoms with van der Waals surface area (Å²) in [6, 6.07) is 19.9. The van der Waals surface area contributed by atoms with Crippen LogP contribution in [-0.2, 0) is 11.9 Å². The standard InChI is InChI=1S/C7H7Br.C7H7N3.CH3F.N3.Na/c8-6-7-4-2-1-3-5-7;8-10-9-6-7-4-2-1-3-5-7;1-2;1-3-2;/h1-5H,6H2;1-5H,6H2;1H3;;/q;;;-1;+1/i;;1D;;. The Balaban J connectivity index is -0.000000290. The fraction of sp³-hybridized carbons (Fsp3) is 0.200. The van der Waals surface area contributed by atoms with Crippen LogP contribution in [0.2, 0.25) is 0 Å². The molecule has 2 rings (SSSR count). The summed E-state index contributed by atoms with van der Waals surface area (Å²) >= 11 is 3.36. The van der Waals surface area contributed by atoms with E-state index in [9.17, 15) is 4.39 Å². The number of hydrogen-bond donors (Lipinski definition) is 0. The summed E-state index contributed by atoms with van der Waals surface area (Å²) in [6.07, 6.45) is 0. The molecule has 0 bridgehead atoms. The molecule has 0 saturated carbocycles. The normalized spacial score (nSPS) is 7.67. The third-order valence-corrected chi connectivity index (χ3v) is 2.80. The summed E-state index contributed by atoms with van der Waals surface area (Å²) < 4.78 is 15.5. The Kier molecular flexibility index (Phi) is 24.4. The van der Waals surface area contributed by atoms with Crippen molar-refractivity contribution in [2.75, 3.05) is 7.15 Å². The molecule has 0 unspecified atom stereocenters. The summed E-state index contributed by atoms with van der Waals surface area (Å²) in [4.78, 5) is 4.16. The molecule has 2 aromatic carbocycles. The molecular weight excluding hydrogens is 386 g/mol. The van der Waals surface area contributed by atoms with E-state index >= 15 is 0 Å². The van der Waals surface area contributed by atoms with Gasteiger partial charge in [-0.1, -0.05) is 81.7 Å². The van der Waals surface area contributed by atoms with Crippen LogP contribution in [0.25, 0.3) is 26.4 Å². The molecule has 6 nitrogen and oxygen atoms in total. The van der Waals surface area contributed by atoms with E-state index < -0.39 is 7.15 Å². The van der Waals surface area contributed by atoms with Gasteiger partial charge < -0.3 is 11.1 Å². The van der Waals surface area contributed by atoms with Crippen LogP contribution in [0.4, 0.5) is 4.39 Å². The molecule has 0 spiro atoms. The second-order valence-corrected chi connectivity index (χ2v) is 4.14. The summed E-state index contributed by atoms with van der Waals surface area (Å²) in [5.74, 6) is 0. The van der Waals surface area contributed by atoms with Crippen LogP contribution in [0.5, 0.6) is 0 Å². The van der Waals surface area contributed by atoms with Crippen LogP contribution in [0.15, 0.2) is 65.8 Å². The molecule has 0 heterocycles. The van der Waals surface area contributed by atoms with Gasteiger partial charge >= 0.3 is 29.6 Å². The van der Waals surface area contributed by atoms with Gasteiger partial charge in [-0.3, -0.25) is 9.30 Å². The largest absolute Gasteiger partial charge is 1.00 e. The number of rotatable bonds is 3. The molecule has 0 saturated heterocycles. The maximum Gasteiger partial charge on any atom is 1.00 e. The Morgan fingerprint density at radius 3 is 1.67 bits per heavy atom. The fourth-order valence-electron chi connectivity index (χ4n) is 1.26. The SMILES string of the molecule is BrCc1ccccc1.[2H]CF.[N-]=[N+]=NCc1ccccc1.[N-]=[N+]=[N-].[Na+]. The van der Waals surface area contributed by atoms with Crippen LogP contribution in [-0.4, -0.2) is 7.15 Å². The van der Waals surface area contributed by atoms with Crippen molar-refractivity contribution in [2.24, 2.45) is 5.11 Å². The first-order chi connectivity index (χ1) is 11.7. The topological polar surface area (TPSA) is 107 Å². The minimum atomic E-state index is -1.00. The number of azide groups is 1. The Morgan fingerprint density at radius 1 is 1.00 bits per heavy atom. The van der Waals surface area contributed by atoms with E-state index in [1.54, 1.807) is 0 Å². The van der Waals surface area contributed by atoms with E-state index in [2.05, 4.69) is 38.1 Å². The molecule has 0 atom stereocenters. The Morgan fingerprint density at radius 2 is 1.38 bits per heavy atom. The molecule has 2 aromatic rings. The average Bonchev–Trinajstić information content (AvgIpc) is 2.63. The van der Waals surface area contributed by atoms with Gasteiger partial charge in [0.25, 0.3) is 0 Å². The van der Waals surface area contributed by atoms with Crippen LogP contribution >= 0.6 is 15.9 Å². The quantitative estimate of drug-likeness (QED) is 0.245. The van der Waals surface area contributed by atoms with E-state index in [1.807, 2.05) is 48.5 Å². The third kappa shape index (κ3) is 18.5. The predicted octanol–water partition coefficient (Wildman–Crippen LogP) is 3.53. The van der Waals surface area contributed by atoms with Gasteiger partial charge in [-0.15, -0.1) is 0 Å². The molecule has 0 fully saturated rings. The Labute approximate surface area is 173 Å². The van der Waals surface area contributed by atoms with Gasteiger partial charge in [0, 0.05) is 10.2 Å². The molecular formula is C15H17BrFN6Na. The van der Waals surface area contributed by atoms with Crippen molar-refractivity contribution < 1.29 is 35.3 Å². The number of hydrogen-bond acceptors (Lipinski definition) is 1. The summed E-state index contributed by atoms with van der Waals surface area (Å²) in [5.41, 5.74) is 23.9. The number of nitrogens with zero attached hydrogens (tertiary/aromatic N) is 6. The Bertz CT molecular complexity index is 593. The summed E-state index contributed by atoms with van der Waals surface area (Å²) in [6.45, 7) is 0.442. The van der Waals surface area contributed by atoms with E-state index in [0.717, 1.165) is 10.9 Å². The zero-order chi connectivity index (χ0) is 18.5. The van der Waals surface area contributed by atoms with Crippen molar-refractivity contribution in [2.45, 2.75) is 11.9 Å². The zero-order valence-electron chi connectivity index (χ0n) is 14.3. The summed E-state index contributed by atoms with van der Waals surface area (Å²) in [7, 11) is -1.00. The van der Waals surface area contributed by atoms with Crippen LogP contribution in [0.1, 0.15) is 12.5 Å². The second-order valence-electron chi connectivity index (χ2n) is 3.58. The average molecular weight is 404 g/mol. The van der Waals surface area contributed by atoms with Crippen LogP contribution < -0.4 is 29.6 Å². The number of alkyl halides is 2. The molecule has 122 valence electrons. The van der Waals surface area contributed by atoms with Crippen LogP contribution in [0, 0.1) is 0 Å². The first-order valence-corrected chi connectivity index (χ1v) is 7.30. The van der Waals surface area contributed by atoms with Crippen molar-refractivity contribution in [3.8, 4) is 0 Å². The van der Waals surface area contributed by atoms with Crippen molar-refractivity contribution in [3.05, 3.63) is 98.2 Å². The second kappa shape index (κ2) is 23.7. The van der Waals surface area contributed by atoms with Crippen LogP contribution in [0.3, 0.4) is 0 Å². The van der Waals surface area contributed by atoms with Crippen molar-refractivity contribution in [3.63, 3.8) is 0 Å². The Hall–Kier alpha value is -1.53. The van der Waals surface area contributed by atoms with Gasteiger partial charge in [0.05, 0.1) is 15.1 Å². The van der Waals surface area contributed by atoms with Gasteiger partial charge in [0.1, 0.15) is 0 Å². The number of benzene rings is 2. The molecule has 9 heteroatoms. The van der Waals surface area contributed by atoms with E-state index in [1.165, 1.54) is 10.5 Å². The fourth-order valence-corrected chi connectivity index (χ4v) is 1.64. The van der Waals surface area contributed by atoms with E-state index in [4.69, 9.17) is 18.0 Å².